The maximum atomic E-state index is 12.2. The second-order valence-corrected chi connectivity index (χ2v) is 6.32. The average Bonchev–Trinajstić information content (AvgIpc) is 3.25. The number of carbonyl (C=O) groups excluding carboxylic acids is 1. The molecular formula is C18H19N3O4. The Morgan fingerprint density at radius 2 is 2.08 bits per heavy atom. The van der Waals surface area contributed by atoms with Crippen LogP contribution in [0, 0.1) is 0 Å². The highest BCUT2D eigenvalue weighted by Crippen LogP contribution is 2.35. The number of amides is 1. The van der Waals surface area contributed by atoms with Crippen molar-refractivity contribution in [3.8, 4) is 22.8 Å². The van der Waals surface area contributed by atoms with E-state index < -0.39 is 0 Å². The zero-order chi connectivity index (χ0) is 17.4. The van der Waals surface area contributed by atoms with E-state index in [0.717, 1.165) is 24.9 Å². The molecule has 7 heteroatoms. The third-order valence-electron chi connectivity index (χ3n) is 4.70. The first-order valence-corrected chi connectivity index (χ1v) is 8.37. The molecule has 1 aromatic carbocycles. The van der Waals surface area contributed by atoms with Crippen LogP contribution >= 0.6 is 0 Å². The standard InChI is InChI=1S/C18H19N3O4/c1-12(22)20-8-2-3-14(20)10-21-18(23)7-5-15(19-21)13-4-6-16-17(9-13)25-11-24-16/h4-7,9,14H,2-3,8,10-11H2,1H3/t14-/m0/s1. The van der Waals surface area contributed by atoms with Crippen LogP contribution < -0.4 is 15.0 Å². The molecule has 0 spiro atoms. The minimum absolute atomic E-state index is 0.0229. The van der Waals surface area contributed by atoms with Gasteiger partial charge in [0.2, 0.25) is 12.7 Å². The molecule has 0 saturated carbocycles. The predicted molar refractivity (Wildman–Crippen MR) is 90.5 cm³/mol. The van der Waals surface area contributed by atoms with Gasteiger partial charge in [-0.1, -0.05) is 0 Å². The minimum atomic E-state index is -0.167. The van der Waals surface area contributed by atoms with Gasteiger partial charge in [-0.2, -0.15) is 5.10 Å². The maximum absolute atomic E-state index is 12.2. The molecular weight excluding hydrogens is 322 g/mol. The highest BCUT2D eigenvalue weighted by Gasteiger charge is 2.27. The summed E-state index contributed by atoms with van der Waals surface area (Å²) < 4.78 is 12.2. The lowest BCUT2D eigenvalue weighted by molar-refractivity contribution is -0.129. The molecule has 0 bridgehead atoms. The molecule has 2 aromatic rings. The molecule has 1 amide bonds. The monoisotopic (exact) mass is 341 g/mol. The number of carbonyl (C=O) groups is 1. The first-order chi connectivity index (χ1) is 12.1. The van der Waals surface area contributed by atoms with Gasteiger partial charge in [0, 0.05) is 25.1 Å². The van der Waals surface area contributed by atoms with E-state index in [1.807, 2.05) is 23.1 Å². The molecule has 0 aliphatic carbocycles. The van der Waals surface area contributed by atoms with Crippen LogP contribution in [0.2, 0.25) is 0 Å². The number of benzene rings is 1. The Morgan fingerprint density at radius 3 is 2.92 bits per heavy atom. The van der Waals surface area contributed by atoms with Gasteiger partial charge in [-0.15, -0.1) is 0 Å². The van der Waals surface area contributed by atoms with Crippen molar-refractivity contribution in [3.63, 3.8) is 0 Å². The fourth-order valence-corrected chi connectivity index (χ4v) is 3.43. The molecule has 4 rings (SSSR count). The second-order valence-electron chi connectivity index (χ2n) is 6.32. The van der Waals surface area contributed by atoms with Crippen molar-refractivity contribution in [2.75, 3.05) is 13.3 Å². The number of ether oxygens (including phenoxy) is 2. The molecule has 1 fully saturated rings. The highest BCUT2D eigenvalue weighted by molar-refractivity contribution is 5.73. The number of hydrogen-bond acceptors (Lipinski definition) is 5. The van der Waals surface area contributed by atoms with E-state index in [-0.39, 0.29) is 24.3 Å². The molecule has 3 heterocycles. The maximum Gasteiger partial charge on any atom is 0.266 e. The first-order valence-electron chi connectivity index (χ1n) is 8.37. The Hall–Kier alpha value is -2.83. The predicted octanol–water partition coefficient (Wildman–Crippen LogP) is 1.65. The van der Waals surface area contributed by atoms with E-state index in [2.05, 4.69) is 5.10 Å². The molecule has 0 unspecified atom stereocenters. The fraction of sp³-hybridized carbons (Fsp3) is 0.389. The highest BCUT2D eigenvalue weighted by atomic mass is 16.7. The molecule has 2 aliphatic rings. The summed E-state index contributed by atoms with van der Waals surface area (Å²) in [5.41, 5.74) is 1.37. The lowest BCUT2D eigenvalue weighted by Gasteiger charge is -2.23. The van der Waals surface area contributed by atoms with Gasteiger partial charge in [-0.25, -0.2) is 4.68 Å². The number of aromatic nitrogens is 2. The van der Waals surface area contributed by atoms with Gasteiger partial charge < -0.3 is 14.4 Å². The number of likely N-dealkylation sites (tertiary alicyclic amines) is 1. The van der Waals surface area contributed by atoms with Gasteiger partial charge in [0.15, 0.2) is 11.5 Å². The summed E-state index contributed by atoms with van der Waals surface area (Å²) in [6, 6.07) is 8.82. The lowest BCUT2D eigenvalue weighted by Crippen LogP contribution is -2.39. The van der Waals surface area contributed by atoms with E-state index >= 15 is 0 Å². The van der Waals surface area contributed by atoms with E-state index in [4.69, 9.17) is 9.47 Å². The Labute approximate surface area is 144 Å². The molecule has 25 heavy (non-hydrogen) atoms. The van der Waals surface area contributed by atoms with Crippen LogP contribution in [-0.2, 0) is 11.3 Å². The van der Waals surface area contributed by atoms with Crippen molar-refractivity contribution in [2.24, 2.45) is 0 Å². The van der Waals surface area contributed by atoms with E-state index in [9.17, 15) is 9.59 Å². The van der Waals surface area contributed by atoms with Gasteiger partial charge in [-0.3, -0.25) is 9.59 Å². The van der Waals surface area contributed by atoms with E-state index in [1.54, 1.807) is 13.0 Å². The quantitative estimate of drug-likeness (QED) is 0.849. The summed E-state index contributed by atoms with van der Waals surface area (Å²) in [4.78, 5) is 25.7. The topological polar surface area (TPSA) is 73.7 Å². The van der Waals surface area contributed by atoms with Crippen molar-refractivity contribution >= 4 is 5.91 Å². The molecule has 1 aromatic heterocycles. The van der Waals surface area contributed by atoms with Gasteiger partial charge in [-0.05, 0) is 37.1 Å². The second kappa shape index (κ2) is 6.23. The van der Waals surface area contributed by atoms with Crippen molar-refractivity contribution in [1.82, 2.24) is 14.7 Å². The van der Waals surface area contributed by atoms with Gasteiger partial charge in [0.05, 0.1) is 18.3 Å². The Balaban J connectivity index is 1.63. The number of hydrogen-bond donors (Lipinski definition) is 0. The smallest absolute Gasteiger partial charge is 0.266 e. The first kappa shape index (κ1) is 15.7. The van der Waals surface area contributed by atoms with Crippen LogP contribution in [0.5, 0.6) is 11.5 Å². The zero-order valence-corrected chi connectivity index (χ0v) is 14.0. The molecule has 1 saturated heterocycles. The van der Waals surface area contributed by atoms with Crippen LogP contribution in [0.3, 0.4) is 0 Å². The summed E-state index contributed by atoms with van der Waals surface area (Å²) in [6.45, 7) is 2.94. The average molecular weight is 341 g/mol. The number of nitrogens with zero attached hydrogens (tertiary/aromatic N) is 3. The Morgan fingerprint density at radius 1 is 1.24 bits per heavy atom. The van der Waals surface area contributed by atoms with Crippen LogP contribution in [0.1, 0.15) is 19.8 Å². The zero-order valence-electron chi connectivity index (χ0n) is 14.0. The summed E-state index contributed by atoms with van der Waals surface area (Å²) in [6.07, 6.45) is 1.85. The summed E-state index contributed by atoms with van der Waals surface area (Å²) in [5, 5.41) is 4.50. The van der Waals surface area contributed by atoms with Gasteiger partial charge in [0.1, 0.15) is 0 Å². The molecule has 0 N–H and O–H groups in total. The van der Waals surface area contributed by atoms with Crippen LogP contribution in [0.15, 0.2) is 35.1 Å². The lowest BCUT2D eigenvalue weighted by atomic mass is 10.1. The molecule has 7 nitrogen and oxygen atoms in total. The molecule has 1 atom stereocenters. The number of rotatable bonds is 3. The van der Waals surface area contributed by atoms with Gasteiger partial charge in [0.25, 0.3) is 5.56 Å². The Bertz CT molecular complexity index is 877. The largest absolute Gasteiger partial charge is 0.454 e. The minimum Gasteiger partial charge on any atom is -0.454 e. The SMILES string of the molecule is CC(=O)N1CCC[C@H]1Cn1nc(-c2ccc3c(c2)OCO3)ccc1=O. The van der Waals surface area contributed by atoms with Crippen LogP contribution in [0.25, 0.3) is 11.3 Å². The third kappa shape index (κ3) is 2.97. The molecule has 0 radical (unpaired) electrons. The fourth-order valence-electron chi connectivity index (χ4n) is 3.43. The van der Waals surface area contributed by atoms with Crippen molar-refractivity contribution in [3.05, 3.63) is 40.7 Å². The van der Waals surface area contributed by atoms with Gasteiger partial charge >= 0.3 is 0 Å². The van der Waals surface area contributed by atoms with E-state index in [0.29, 0.717) is 23.7 Å². The molecule has 130 valence electrons. The summed E-state index contributed by atoms with van der Waals surface area (Å²) in [5.74, 6) is 1.43. The van der Waals surface area contributed by atoms with Crippen molar-refractivity contribution in [2.45, 2.75) is 32.4 Å². The molecule has 2 aliphatic heterocycles. The summed E-state index contributed by atoms with van der Waals surface area (Å²) >= 11 is 0. The van der Waals surface area contributed by atoms with Crippen LogP contribution in [0.4, 0.5) is 0 Å². The normalized spacial score (nSPS) is 18.6. The Kier molecular flexibility index (Phi) is 3.91. The van der Waals surface area contributed by atoms with Crippen LogP contribution in [-0.4, -0.2) is 40.0 Å². The van der Waals surface area contributed by atoms with Crippen molar-refractivity contribution < 1.29 is 14.3 Å². The third-order valence-corrected chi connectivity index (χ3v) is 4.70. The summed E-state index contributed by atoms with van der Waals surface area (Å²) in [7, 11) is 0. The van der Waals surface area contributed by atoms with E-state index in [1.165, 1.54) is 10.7 Å². The number of fused-ring (bicyclic) bond motifs is 1. The van der Waals surface area contributed by atoms with Crippen molar-refractivity contribution in [1.29, 1.82) is 0 Å².